The standard InChI is InChI=1S/C16H23FN2O5S/c1-2-18-16(21)9-12-5-8-14(15(10-20)24-12)19-25(22,23)13-6-3-11(17)4-7-13/h3-4,6-7,12,14-15,19-20H,2,5,8-10H2,1H3,(H,18,21)/t12-,14-,15-/m1/s1. The Bertz CT molecular complexity index is 680. The van der Waals surface area contributed by atoms with E-state index in [1.165, 1.54) is 12.1 Å². The lowest BCUT2D eigenvalue weighted by molar-refractivity contribution is -0.130. The summed E-state index contributed by atoms with van der Waals surface area (Å²) in [5, 5.41) is 12.2. The molecule has 0 aliphatic carbocycles. The van der Waals surface area contributed by atoms with E-state index in [0.717, 1.165) is 12.1 Å². The fourth-order valence-electron chi connectivity index (χ4n) is 2.77. The molecule has 25 heavy (non-hydrogen) atoms. The van der Waals surface area contributed by atoms with Gasteiger partial charge in [0.15, 0.2) is 0 Å². The number of aliphatic hydroxyl groups excluding tert-OH is 1. The van der Waals surface area contributed by atoms with Crippen LogP contribution in [0.5, 0.6) is 0 Å². The van der Waals surface area contributed by atoms with E-state index in [4.69, 9.17) is 4.74 Å². The van der Waals surface area contributed by atoms with Crippen LogP contribution in [0.25, 0.3) is 0 Å². The third-order valence-corrected chi connectivity index (χ3v) is 5.52. The molecule has 0 saturated carbocycles. The van der Waals surface area contributed by atoms with E-state index in [0.29, 0.717) is 19.4 Å². The summed E-state index contributed by atoms with van der Waals surface area (Å²) in [5.41, 5.74) is 0. The van der Waals surface area contributed by atoms with Crippen molar-refractivity contribution >= 4 is 15.9 Å². The summed E-state index contributed by atoms with van der Waals surface area (Å²) in [5.74, 6) is -0.670. The molecule has 7 nitrogen and oxygen atoms in total. The molecule has 3 atom stereocenters. The average molecular weight is 374 g/mol. The maximum atomic E-state index is 13.0. The van der Waals surface area contributed by atoms with Crippen LogP contribution in [0.4, 0.5) is 4.39 Å². The summed E-state index contributed by atoms with van der Waals surface area (Å²) in [6, 6.07) is 3.86. The zero-order chi connectivity index (χ0) is 18.4. The van der Waals surface area contributed by atoms with Crippen LogP contribution in [0, 0.1) is 5.82 Å². The predicted molar refractivity (Wildman–Crippen MR) is 88.8 cm³/mol. The highest BCUT2D eigenvalue weighted by Crippen LogP contribution is 2.23. The van der Waals surface area contributed by atoms with Gasteiger partial charge in [-0.1, -0.05) is 0 Å². The lowest BCUT2D eigenvalue weighted by atomic mass is 9.98. The highest BCUT2D eigenvalue weighted by molar-refractivity contribution is 7.89. The molecule has 0 bridgehead atoms. The summed E-state index contributed by atoms with van der Waals surface area (Å²) < 4.78 is 45.9. The maximum absolute atomic E-state index is 13.0. The van der Waals surface area contributed by atoms with Gasteiger partial charge in [-0.25, -0.2) is 17.5 Å². The molecule has 3 N–H and O–H groups in total. The Kier molecular flexibility index (Phi) is 6.88. The molecule has 1 heterocycles. The zero-order valence-corrected chi connectivity index (χ0v) is 14.8. The van der Waals surface area contributed by atoms with Crippen molar-refractivity contribution in [1.29, 1.82) is 0 Å². The summed E-state index contributed by atoms with van der Waals surface area (Å²) in [4.78, 5) is 11.6. The number of carbonyl (C=O) groups excluding carboxylic acids is 1. The second-order valence-electron chi connectivity index (χ2n) is 5.90. The monoisotopic (exact) mass is 374 g/mol. The Labute approximate surface area is 146 Å². The van der Waals surface area contributed by atoms with Crippen LogP contribution >= 0.6 is 0 Å². The summed E-state index contributed by atoms with van der Waals surface area (Å²) in [6.45, 7) is 1.97. The van der Waals surface area contributed by atoms with Crippen molar-refractivity contribution in [3.63, 3.8) is 0 Å². The first-order valence-corrected chi connectivity index (χ1v) is 9.65. The van der Waals surface area contributed by atoms with Crippen molar-refractivity contribution < 1.29 is 27.4 Å². The van der Waals surface area contributed by atoms with E-state index in [9.17, 15) is 22.7 Å². The number of rotatable bonds is 7. The molecule has 1 fully saturated rings. The van der Waals surface area contributed by atoms with Gasteiger partial charge in [0.2, 0.25) is 15.9 Å². The van der Waals surface area contributed by atoms with Crippen molar-refractivity contribution in [1.82, 2.24) is 10.0 Å². The van der Waals surface area contributed by atoms with Gasteiger partial charge >= 0.3 is 0 Å². The molecule has 1 aromatic rings. The van der Waals surface area contributed by atoms with E-state index in [2.05, 4.69) is 10.0 Å². The third-order valence-electron chi connectivity index (χ3n) is 4.01. The fourth-order valence-corrected chi connectivity index (χ4v) is 4.07. The third kappa shape index (κ3) is 5.46. The maximum Gasteiger partial charge on any atom is 0.240 e. The van der Waals surface area contributed by atoms with Crippen molar-refractivity contribution in [2.75, 3.05) is 13.2 Å². The Morgan fingerprint density at radius 1 is 1.32 bits per heavy atom. The lowest BCUT2D eigenvalue weighted by Crippen LogP contribution is -2.51. The second-order valence-corrected chi connectivity index (χ2v) is 7.61. The van der Waals surface area contributed by atoms with Gasteiger partial charge in [0.1, 0.15) is 5.82 Å². The molecule has 9 heteroatoms. The summed E-state index contributed by atoms with van der Waals surface area (Å²) in [7, 11) is -3.86. The van der Waals surface area contributed by atoms with Gasteiger partial charge in [-0.3, -0.25) is 4.79 Å². The molecule has 2 rings (SSSR count). The number of benzene rings is 1. The summed E-state index contributed by atoms with van der Waals surface area (Å²) in [6.07, 6.45) is -0.0273. The van der Waals surface area contributed by atoms with E-state index < -0.39 is 28.0 Å². The number of amides is 1. The van der Waals surface area contributed by atoms with E-state index in [1.54, 1.807) is 0 Å². The second kappa shape index (κ2) is 8.70. The summed E-state index contributed by atoms with van der Waals surface area (Å²) >= 11 is 0. The zero-order valence-electron chi connectivity index (χ0n) is 13.9. The minimum absolute atomic E-state index is 0.0602. The number of ether oxygens (including phenoxy) is 1. The number of hydrogen-bond acceptors (Lipinski definition) is 5. The molecule has 1 amide bonds. The number of aliphatic hydroxyl groups is 1. The van der Waals surface area contributed by atoms with Crippen molar-refractivity contribution in [3.05, 3.63) is 30.1 Å². The van der Waals surface area contributed by atoms with E-state index >= 15 is 0 Å². The molecule has 140 valence electrons. The van der Waals surface area contributed by atoms with Crippen LogP contribution in [-0.2, 0) is 19.6 Å². The van der Waals surface area contributed by atoms with Crippen LogP contribution in [0.15, 0.2) is 29.2 Å². The molecule has 1 aromatic carbocycles. The molecule has 1 aliphatic heterocycles. The number of hydrogen-bond donors (Lipinski definition) is 3. The van der Waals surface area contributed by atoms with Crippen molar-refractivity contribution in [2.24, 2.45) is 0 Å². The minimum Gasteiger partial charge on any atom is -0.394 e. The molecule has 0 unspecified atom stereocenters. The average Bonchev–Trinajstić information content (AvgIpc) is 2.56. The Hall–Kier alpha value is -1.55. The van der Waals surface area contributed by atoms with Gasteiger partial charge in [-0.05, 0) is 44.0 Å². The van der Waals surface area contributed by atoms with Crippen LogP contribution in [0.1, 0.15) is 26.2 Å². The smallest absolute Gasteiger partial charge is 0.240 e. The number of sulfonamides is 1. The molecule has 1 aliphatic rings. The number of nitrogens with one attached hydrogen (secondary N) is 2. The SMILES string of the molecule is CCNC(=O)C[C@H]1CC[C@@H](NS(=O)(=O)c2ccc(F)cc2)[C@@H](CO)O1. The largest absolute Gasteiger partial charge is 0.394 e. The predicted octanol–water partition coefficient (Wildman–Crippen LogP) is 0.539. The highest BCUT2D eigenvalue weighted by atomic mass is 32.2. The number of carbonyl (C=O) groups is 1. The van der Waals surface area contributed by atoms with Gasteiger partial charge in [0, 0.05) is 6.54 Å². The van der Waals surface area contributed by atoms with Crippen LogP contribution in [0.2, 0.25) is 0 Å². The van der Waals surface area contributed by atoms with Crippen LogP contribution in [0.3, 0.4) is 0 Å². The van der Waals surface area contributed by atoms with E-state index in [1.807, 2.05) is 6.92 Å². The topological polar surface area (TPSA) is 105 Å². The van der Waals surface area contributed by atoms with Crippen LogP contribution < -0.4 is 10.0 Å². The normalized spacial score (nSPS) is 24.0. The first-order chi connectivity index (χ1) is 11.9. The minimum atomic E-state index is -3.86. The Morgan fingerprint density at radius 3 is 2.60 bits per heavy atom. The Morgan fingerprint density at radius 2 is 2.00 bits per heavy atom. The van der Waals surface area contributed by atoms with Gasteiger partial charge in [0.05, 0.1) is 36.2 Å². The fraction of sp³-hybridized carbons (Fsp3) is 0.562. The van der Waals surface area contributed by atoms with Gasteiger partial charge in [0.25, 0.3) is 0 Å². The first-order valence-electron chi connectivity index (χ1n) is 8.16. The lowest BCUT2D eigenvalue weighted by Gasteiger charge is -2.35. The molecule has 0 radical (unpaired) electrons. The molecule has 0 spiro atoms. The number of halogens is 1. The molecule has 1 saturated heterocycles. The van der Waals surface area contributed by atoms with Gasteiger partial charge in [-0.15, -0.1) is 0 Å². The van der Waals surface area contributed by atoms with Crippen LogP contribution in [-0.4, -0.2) is 50.8 Å². The van der Waals surface area contributed by atoms with Crippen molar-refractivity contribution in [3.8, 4) is 0 Å². The van der Waals surface area contributed by atoms with Crippen molar-refractivity contribution in [2.45, 2.75) is 49.3 Å². The molecular formula is C16H23FN2O5S. The first kappa shape index (κ1) is 19.8. The quantitative estimate of drug-likeness (QED) is 0.646. The molecular weight excluding hydrogens is 351 g/mol. The highest BCUT2D eigenvalue weighted by Gasteiger charge is 2.34. The van der Waals surface area contributed by atoms with Gasteiger partial charge in [-0.2, -0.15) is 0 Å². The van der Waals surface area contributed by atoms with Gasteiger partial charge < -0.3 is 15.2 Å². The van der Waals surface area contributed by atoms with E-state index in [-0.39, 0.29) is 29.9 Å². The Balaban J connectivity index is 2.00. The molecule has 0 aromatic heterocycles.